The summed E-state index contributed by atoms with van der Waals surface area (Å²) in [7, 11) is 0. The van der Waals surface area contributed by atoms with Gasteiger partial charge in [-0.05, 0) is 25.0 Å². The van der Waals surface area contributed by atoms with Crippen LogP contribution in [0.2, 0.25) is 0 Å². The zero-order chi connectivity index (χ0) is 17.8. The molecule has 2 aliphatic heterocycles. The summed E-state index contributed by atoms with van der Waals surface area (Å²) in [5.41, 5.74) is 1.20. The van der Waals surface area contributed by atoms with E-state index in [9.17, 15) is 9.59 Å². The third-order valence-electron chi connectivity index (χ3n) is 4.93. The second kappa shape index (κ2) is 8.29. The first-order valence-corrected chi connectivity index (χ1v) is 9.86. The minimum Gasteiger partial charge on any atom is -0.379 e. The molecule has 1 aromatic heterocycles. The summed E-state index contributed by atoms with van der Waals surface area (Å²) >= 11 is 1.60. The van der Waals surface area contributed by atoms with E-state index in [-0.39, 0.29) is 11.8 Å². The van der Waals surface area contributed by atoms with Gasteiger partial charge in [-0.15, -0.1) is 11.3 Å². The number of carbonyl (C=O) groups is 2. The Morgan fingerprint density at radius 1 is 1.08 bits per heavy atom. The number of hydrogen-bond donors (Lipinski definition) is 0. The monoisotopic (exact) mass is 365 g/mol. The number of hydrogen-bond acceptors (Lipinski definition) is 5. The number of thiophene rings is 1. The summed E-state index contributed by atoms with van der Waals surface area (Å²) in [5, 5.41) is 0. The third-order valence-corrected chi connectivity index (χ3v) is 6.30. The lowest BCUT2D eigenvalue weighted by Crippen LogP contribution is -2.53. The molecular weight excluding hydrogens is 338 g/mol. The molecule has 0 bridgehead atoms. The zero-order valence-corrected chi connectivity index (χ0v) is 15.9. The zero-order valence-electron chi connectivity index (χ0n) is 15.1. The number of ether oxygens (including phenoxy) is 1. The van der Waals surface area contributed by atoms with Crippen molar-refractivity contribution in [3.05, 3.63) is 21.4 Å². The molecule has 0 aromatic carbocycles. The molecule has 0 saturated carbocycles. The molecule has 2 fully saturated rings. The van der Waals surface area contributed by atoms with Crippen LogP contribution in [-0.4, -0.2) is 85.5 Å². The van der Waals surface area contributed by atoms with Crippen LogP contribution in [0.15, 0.2) is 6.07 Å². The van der Waals surface area contributed by atoms with Gasteiger partial charge in [0, 0.05) is 44.1 Å². The molecule has 0 aliphatic carbocycles. The minimum absolute atomic E-state index is 0.105. The lowest BCUT2D eigenvalue weighted by molar-refractivity contribution is -0.134. The molecule has 1 aromatic rings. The summed E-state index contributed by atoms with van der Waals surface area (Å²) in [5.74, 6) is 0.266. The normalized spacial score (nSPS) is 19.3. The quantitative estimate of drug-likeness (QED) is 0.806. The number of nitrogens with zero attached hydrogens (tertiary/aromatic N) is 3. The van der Waals surface area contributed by atoms with Crippen molar-refractivity contribution in [1.29, 1.82) is 0 Å². The standard InChI is InChI=1S/C18H27N3O3S/c1-3-15-14(2)12-16(25-15)18(23)21-6-4-20(5-7-21)17(22)13-19-8-10-24-11-9-19/h12H,3-11,13H2,1-2H3. The molecule has 2 aliphatic rings. The van der Waals surface area contributed by atoms with Crippen LogP contribution in [0.5, 0.6) is 0 Å². The van der Waals surface area contributed by atoms with Crippen LogP contribution < -0.4 is 0 Å². The second-order valence-corrected chi connectivity index (χ2v) is 7.77. The maximum atomic E-state index is 12.7. The minimum atomic E-state index is 0.105. The van der Waals surface area contributed by atoms with Crippen LogP contribution in [-0.2, 0) is 16.0 Å². The first-order valence-electron chi connectivity index (χ1n) is 9.05. The molecule has 3 rings (SSSR count). The fourth-order valence-corrected chi connectivity index (χ4v) is 4.42. The smallest absolute Gasteiger partial charge is 0.264 e. The molecule has 0 spiro atoms. The average Bonchev–Trinajstić information content (AvgIpc) is 3.03. The number of carbonyl (C=O) groups excluding carboxylic acids is 2. The third kappa shape index (κ3) is 4.40. The van der Waals surface area contributed by atoms with Crippen molar-refractivity contribution in [1.82, 2.24) is 14.7 Å². The molecule has 0 radical (unpaired) electrons. The highest BCUT2D eigenvalue weighted by atomic mass is 32.1. The summed E-state index contributed by atoms with van der Waals surface area (Å²) in [6.45, 7) is 10.2. The lowest BCUT2D eigenvalue weighted by atomic mass is 10.2. The number of aryl methyl sites for hydroxylation is 2. The molecule has 2 amide bonds. The maximum absolute atomic E-state index is 12.7. The van der Waals surface area contributed by atoms with Gasteiger partial charge in [0.1, 0.15) is 0 Å². The van der Waals surface area contributed by atoms with Gasteiger partial charge in [-0.1, -0.05) is 6.92 Å². The number of amides is 2. The summed E-state index contributed by atoms with van der Waals surface area (Å²) in [6, 6.07) is 2.00. The summed E-state index contributed by atoms with van der Waals surface area (Å²) in [4.78, 5) is 33.1. The summed E-state index contributed by atoms with van der Waals surface area (Å²) in [6.07, 6.45) is 0.966. The van der Waals surface area contributed by atoms with Crippen molar-refractivity contribution < 1.29 is 14.3 Å². The molecule has 138 valence electrons. The van der Waals surface area contributed by atoms with E-state index in [1.165, 1.54) is 10.4 Å². The van der Waals surface area contributed by atoms with Crippen molar-refractivity contribution in [2.45, 2.75) is 20.3 Å². The summed E-state index contributed by atoms with van der Waals surface area (Å²) < 4.78 is 5.32. The molecule has 3 heterocycles. The Hall–Kier alpha value is -1.44. The fraction of sp³-hybridized carbons (Fsp3) is 0.667. The van der Waals surface area contributed by atoms with Gasteiger partial charge >= 0.3 is 0 Å². The Balaban J connectivity index is 1.50. The van der Waals surface area contributed by atoms with E-state index in [2.05, 4.69) is 18.7 Å². The number of piperazine rings is 1. The number of rotatable bonds is 4. The highest BCUT2D eigenvalue weighted by Crippen LogP contribution is 2.24. The van der Waals surface area contributed by atoms with E-state index >= 15 is 0 Å². The first kappa shape index (κ1) is 18.4. The average molecular weight is 365 g/mol. The van der Waals surface area contributed by atoms with Gasteiger partial charge in [0.05, 0.1) is 24.6 Å². The molecule has 0 N–H and O–H groups in total. The predicted octanol–water partition coefficient (Wildman–Crippen LogP) is 1.24. The molecule has 7 heteroatoms. The Labute approximate surface area is 153 Å². The molecule has 6 nitrogen and oxygen atoms in total. The SMILES string of the molecule is CCc1sc(C(=O)N2CCN(C(=O)CN3CCOCC3)CC2)cc1C. The molecular formula is C18H27N3O3S. The highest BCUT2D eigenvalue weighted by molar-refractivity contribution is 7.14. The number of morpholine rings is 1. The van der Waals surface area contributed by atoms with Crippen molar-refractivity contribution in [3.8, 4) is 0 Å². The van der Waals surface area contributed by atoms with Crippen molar-refractivity contribution >= 4 is 23.2 Å². The van der Waals surface area contributed by atoms with Crippen molar-refractivity contribution in [2.75, 3.05) is 59.0 Å². The molecule has 0 atom stereocenters. The van der Waals surface area contributed by atoms with Crippen LogP contribution in [0, 0.1) is 6.92 Å². The topological polar surface area (TPSA) is 53.1 Å². The van der Waals surface area contributed by atoms with Gasteiger partial charge in [-0.3, -0.25) is 14.5 Å². The van der Waals surface area contributed by atoms with E-state index in [0.29, 0.717) is 45.9 Å². The van der Waals surface area contributed by atoms with Crippen LogP contribution in [0.1, 0.15) is 27.0 Å². The Morgan fingerprint density at radius 3 is 2.32 bits per heavy atom. The van der Waals surface area contributed by atoms with E-state index in [0.717, 1.165) is 24.4 Å². The first-order chi connectivity index (χ1) is 12.1. The van der Waals surface area contributed by atoms with E-state index in [1.807, 2.05) is 15.9 Å². The fourth-order valence-electron chi connectivity index (χ4n) is 3.34. The lowest BCUT2D eigenvalue weighted by Gasteiger charge is -2.36. The van der Waals surface area contributed by atoms with Crippen LogP contribution >= 0.6 is 11.3 Å². The molecule has 2 saturated heterocycles. The Bertz CT molecular complexity index is 617. The van der Waals surface area contributed by atoms with E-state index < -0.39 is 0 Å². The van der Waals surface area contributed by atoms with Crippen LogP contribution in [0.3, 0.4) is 0 Å². The van der Waals surface area contributed by atoms with Gasteiger partial charge in [-0.2, -0.15) is 0 Å². The molecule has 0 unspecified atom stereocenters. The highest BCUT2D eigenvalue weighted by Gasteiger charge is 2.27. The van der Waals surface area contributed by atoms with Crippen LogP contribution in [0.4, 0.5) is 0 Å². The Morgan fingerprint density at radius 2 is 1.72 bits per heavy atom. The van der Waals surface area contributed by atoms with Gasteiger partial charge in [0.2, 0.25) is 5.91 Å². The predicted molar refractivity (Wildman–Crippen MR) is 98.2 cm³/mol. The largest absolute Gasteiger partial charge is 0.379 e. The van der Waals surface area contributed by atoms with E-state index in [1.54, 1.807) is 11.3 Å². The van der Waals surface area contributed by atoms with Crippen LogP contribution in [0.25, 0.3) is 0 Å². The molecule has 25 heavy (non-hydrogen) atoms. The van der Waals surface area contributed by atoms with Gasteiger partial charge in [0.25, 0.3) is 5.91 Å². The second-order valence-electron chi connectivity index (χ2n) is 6.63. The van der Waals surface area contributed by atoms with Gasteiger partial charge < -0.3 is 14.5 Å². The van der Waals surface area contributed by atoms with Gasteiger partial charge in [-0.25, -0.2) is 0 Å². The Kier molecular flexibility index (Phi) is 6.09. The van der Waals surface area contributed by atoms with E-state index in [4.69, 9.17) is 4.74 Å². The van der Waals surface area contributed by atoms with Crippen molar-refractivity contribution in [2.24, 2.45) is 0 Å². The maximum Gasteiger partial charge on any atom is 0.264 e. The van der Waals surface area contributed by atoms with Crippen molar-refractivity contribution in [3.63, 3.8) is 0 Å². The van der Waals surface area contributed by atoms with Gasteiger partial charge in [0.15, 0.2) is 0 Å².